The van der Waals surface area contributed by atoms with Gasteiger partial charge in [-0.3, -0.25) is 9.59 Å². The topological polar surface area (TPSA) is 40.6 Å². The molecule has 0 radical (unpaired) electrons. The van der Waals surface area contributed by atoms with E-state index in [0.29, 0.717) is 26.2 Å². The van der Waals surface area contributed by atoms with E-state index in [-0.39, 0.29) is 11.8 Å². The van der Waals surface area contributed by atoms with Crippen molar-refractivity contribution in [1.29, 1.82) is 0 Å². The molecule has 0 unspecified atom stereocenters. The minimum Gasteiger partial charge on any atom is -0.339 e. The van der Waals surface area contributed by atoms with Crippen molar-refractivity contribution in [2.24, 2.45) is 0 Å². The summed E-state index contributed by atoms with van der Waals surface area (Å²) in [5, 5.41) is 0. The molecular weight excluding hydrogens is 252 g/mol. The molecule has 2 amide bonds. The fourth-order valence-corrected chi connectivity index (χ4v) is 2.59. The van der Waals surface area contributed by atoms with Gasteiger partial charge in [-0.05, 0) is 43.5 Å². The SMILES string of the molecule is CC(=O)N1CCN(C(=O)c2cc(C)c(C)cc2C)CC1. The number of benzene rings is 1. The van der Waals surface area contributed by atoms with Crippen LogP contribution in [-0.2, 0) is 4.79 Å². The van der Waals surface area contributed by atoms with Crippen LogP contribution in [0, 0.1) is 20.8 Å². The van der Waals surface area contributed by atoms with Crippen LogP contribution in [0.4, 0.5) is 0 Å². The summed E-state index contributed by atoms with van der Waals surface area (Å²) in [5.74, 6) is 0.160. The maximum atomic E-state index is 12.6. The molecule has 20 heavy (non-hydrogen) atoms. The van der Waals surface area contributed by atoms with Gasteiger partial charge < -0.3 is 9.80 Å². The first-order chi connectivity index (χ1) is 9.40. The van der Waals surface area contributed by atoms with Gasteiger partial charge in [0.25, 0.3) is 5.91 Å². The van der Waals surface area contributed by atoms with E-state index in [0.717, 1.165) is 16.7 Å². The van der Waals surface area contributed by atoms with Crippen LogP contribution < -0.4 is 0 Å². The number of hydrogen-bond donors (Lipinski definition) is 0. The molecule has 108 valence electrons. The zero-order valence-corrected chi connectivity index (χ0v) is 12.7. The van der Waals surface area contributed by atoms with E-state index in [1.165, 1.54) is 5.56 Å². The Balaban J connectivity index is 2.13. The third kappa shape index (κ3) is 2.84. The lowest BCUT2D eigenvalue weighted by Gasteiger charge is -2.34. The van der Waals surface area contributed by atoms with Gasteiger partial charge in [0.15, 0.2) is 0 Å². The van der Waals surface area contributed by atoms with Crippen LogP contribution in [0.15, 0.2) is 12.1 Å². The number of nitrogens with zero attached hydrogens (tertiary/aromatic N) is 2. The number of hydrogen-bond acceptors (Lipinski definition) is 2. The summed E-state index contributed by atoms with van der Waals surface area (Å²) in [6.07, 6.45) is 0. The Morgan fingerprint density at radius 3 is 1.90 bits per heavy atom. The van der Waals surface area contributed by atoms with Gasteiger partial charge in [-0.2, -0.15) is 0 Å². The number of aryl methyl sites for hydroxylation is 3. The van der Waals surface area contributed by atoms with E-state index in [4.69, 9.17) is 0 Å². The highest BCUT2D eigenvalue weighted by Gasteiger charge is 2.24. The highest BCUT2D eigenvalue weighted by atomic mass is 16.2. The average molecular weight is 274 g/mol. The van der Waals surface area contributed by atoms with Crippen LogP contribution in [-0.4, -0.2) is 47.8 Å². The third-order valence-electron chi connectivity index (χ3n) is 4.08. The molecule has 1 aromatic carbocycles. The Morgan fingerprint density at radius 1 is 0.850 bits per heavy atom. The molecule has 0 N–H and O–H groups in total. The standard InChI is InChI=1S/C16H22N2O2/c1-11-9-13(3)15(10-12(11)2)16(20)18-7-5-17(6-8-18)14(4)19/h9-10H,5-8H2,1-4H3. The van der Waals surface area contributed by atoms with Crippen LogP contribution in [0.25, 0.3) is 0 Å². The molecule has 0 saturated carbocycles. The highest BCUT2D eigenvalue weighted by molar-refractivity contribution is 5.96. The van der Waals surface area contributed by atoms with Crippen LogP contribution in [0.3, 0.4) is 0 Å². The number of rotatable bonds is 1. The molecule has 2 rings (SSSR count). The van der Waals surface area contributed by atoms with Crippen molar-refractivity contribution in [2.45, 2.75) is 27.7 Å². The molecule has 1 fully saturated rings. The zero-order valence-electron chi connectivity index (χ0n) is 12.7. The Morgan fingerprint density at radius 2 is 1.35 bits per heavy atom. The Labute approximate surface area is 120 Å². The van der Waals surface area contributed by atoms with E-state index < -0.39 is 0 Å². The van der Waals surface area contributed by atoms with E-state index in [1.807, 2.05) is 24.8 Å². The van der Waals surface area contributed by atoms with Crippen molar-refractivity contribution >= 4 is 11.8 Å². The molecule has 4 nitrogen and oxygen atoms in total. The zero-order chi connectivity index (χ0) is 14.9. The van der Waals surface area contributed by atoms with Gasteiger partial charge in [0.1, 0.15) is 0 Å². The number of carbonyl (C=O) groups is 2. The summed E-state index contributed by atoms with van der Waals surface area (Å²) in [6, 6.07) is 4.04. The van der Waals surface area contributed by atoms with Crippen molar-refractivity contribution in [3.63, 3.8) is 0 Å². The molecule has 1 aromatic rings. The van der Waals surface area contributed by atoms with Gasteiger partial charge in [0.2, 0.25) is 5.91 Å². The summed E-state index contributed by atoms with van der Waals surface area (Å²) < 4.78 is 0. The molecule has 1 heterocycles. The first kappa shape index (κ1) is 14.6. The van der Waals surface area contributed by atoms with Crippen LogP contribution >= 0.6 is 0 Å². The molecule has 1 saturated heterocycles. The van der Waals surface area contributed by atoms with Gasteiger partial charge in [0.05, 0.1) is 0 Å². The maximum absolute atomic E-state index is 12.6. The Hall–Kier alpha value is -1.84. The van der Waals surface area contributed by atoms with Crippen LogP contribution in [0.1, 0.15) is 34.0 Å². The molecular formula is C16H22N2O2. The average Bonchev–Trinajstić information content (AvgIpc) is 2.42. The minimum atomic E-state index is 0.0776. The fourth-order valence-electron chi connectivity index (χ4n) is 2.59. The molecule has 1 aliphatic heterocycles. The van der Waals surface area contributed by atoms with Crippen LogP contribution in [0.2, 0.25) is 0 Å². The number of piperazine rings is 1. The molecule has 0 atom stereocenters. The third-order valence-corrected chi connectivity index (χ3v) is 4.08. The lowest BCUT2D eigenvalue weighted by molar-refractivity contribution is -0.130. The van der Waals surface area contributed by atoms with E-state index in [1.54, 1.807) is 11.8 Å². The molecule has 0 bridgehead atoms. The fraction of sp³-hybridized carbons (Fsp3) is 0.500. The summed E-state index contributed by atoms with van der Waals surface area (Å²) in [6.45, 7) is 10.1. The number of carbonyl (C=O) groups excluding carboxylic acids is 2. The van der Waals surface area contributed by atoms with Crippen LogP contribution in [0.5, 0.6) is 0 Å². The molecule has 4 heteroatoms. The van der Waals surface area contributed by atoms with Gasteiger partial charge in [-0.25, -0.2) is 0 Å². The first-order valence-corrected chi connectivity index (χ1v) is 7.03. The van der Waals surface area contributed by atoms with Gasteiger partial charge in [-0.15, -0.1) is 0 Å². The van der Waals surface area contributed by atoms with Crippen molar-refractivity contribution in [2.75, 3.05) is 26.2 Å². The quantitative estimate of drug-likeness (QED) is 0.785. The van der Waals surface area contributed by atoms with Gasteiger partial charge in [-0.1, -0.05) is 6.07 Å². The van der Waals surface area contributed by atoms with E-state index >= 15 is 0 Å². The molecule has 0 aliphatic carbocycles. The molecule has 0 aromatic heterocycles. The lowest BCUT2D eigenvalue weighted by atomic mass is 10.00. The maximum Gasteiger partial charge on any atom is 0.254 e. The van der Waals surface area contributed by atoms with Crippen molar-refractivity contribution < 1.29 is 9.59 Å². The summed E-state index contributed by atoms with van der Waals surface area (Å²) in [7, 11) is 0. The van der Waals surface area contributed by atoms with Crippen molar-refractivity contribution in [3.8, 4) is 0 Å². The Kier molecular flexibility index (Phi) is 4.12. The second-order valence-electron chi connectivity index (χ2n) is 5.55. The minimum absolute atomic E-state index is 0.0776. The first-order valence-electron chi connectivity index (χ1n) is 7.03. The van der Waals surface area contributed by atoms with E-state index in [2.05, 4.69) is 13.0 Å². The second kappa shape index (κ2) is 5.65. The molecule has 0 spiro atoms. The highest BCUT2D eigenvalue weighted by Crippen LogP contribution is 2.18. The predicted octanol–water partition coefficient (Wildman–Crippen LogP) is 1.92. The lowest BCUT2D eigenvalue weighted by Crippen LogP contribution is -2.50. The Bertz CT molecular complexity index is 544. The smallest absolute Gasteiger partial charge is 0.254 e. The number of amides is 2. The monoisotopic (exact) mass is 274 g/mol. The summed E-state index contributed by atoms with van der Waals surface area (Å²) in [5.41, 5.74) is 4.15. The predicted molar refractivity (Wildman–Crippen MR) is 78.8 cm³/mol. The van der Waals surface area contributed by atoms with Crippen molar-refractivity contribution in [3.05, 3.63) is 34.4 Å². The second-order valence-corrected chi connectivity index (χ2v) is 5.55. The van der Waals surface area contributed by atoms with Crippen molar-refractivity contribution in [1.82, 2.24) is 9.80 Å². The molecule has 1 aliphatic rings. The largest absolute Gasteiger partial charge is 0.339 e. The van der Waals surface area contributed by atoms with Gasteiger partial charge in [0, 0.05) is 38.7 Å². The normalized spacial score (nSPS) is 15.4. The summed E-state index contributed by atoms with van der Waals surface area (Å²) >= 11 is 0. The van der Waals surface area contributed by atoms with E-state index in [9.17, 15) is 9.59 Å². The summed E-state index contributed by atoms with van der Waals surface area (Å²) in [4.78, 5) is 27.5. The van der Waals surface area contributed by atoms with Gasteiger partial charge >= 0.3 is 0 Å².